The molecule has 0 bridgehead atoms. The van der Waals surface area contributed by atoms with Crippen LogP contribution in [0.3, 0.4) is 0 Å². The summed E-state index contributed by atoms with van der Waals surface area (Å²) in [4.78, 5) is 13.9. The lowest BCUT2D eigenvalue weighted by atomic mass is 9.95. The van der Waals surface area contributed by atoms with Gasteiger partial charge in [-0.15, -0.1) is 0 Å². The molecule has 0 saturated carbocycles. The van der Waals surface area contributed by atoms with E-state index in [0.717, 1.165) is 24.1 Å². The van der Waals surface area contributed by atoms with Gasteiger partial charge in [-0.2, -0.15) is 0 Å². The van der Waals surface area contributed by atoms with Crippen molar-refractivity contribution in [1.82, 2.24) is 0 Å². The van der Waals surface area contributed by atoms with Gasteiger partial charge < -0.3 is 4.90 Å². The molecule has 1 aliphatic rings. The molecule has 21 heavy (non-hydrogen) atoms. The van der Waals surface area contributed by atoms with Crippen LogP contribution in [0.15, 0.2) is 36.4 Å². The first-order valence-corrected chi connectivity index (χ1v) is 7.59. The van der Waals surface area contributed by atoms with E-state index in [1.807, 2.05) is 6.07 Å². The lowest BCUT2D eigenvalue weighted by molar-refractivity contribution is 0.101. The molecule has 0 aromatic heterocycles. The predicted octanol–water partition coefficient (Wildman–Crippen LogP) is 4.59. The minimum atomic E-state index is 0.0608. The van der Waals surface area contributed by atoms with Crippen LogP contribution in [0.25, 0.3) is 11.1 Å². The number of rotatable bonds is 2. The second-order valence-electron chi connectivity index (χ2n) is 5.62. The van der Waals surface area contributed by atoms with Crippen molar-refractivity contribution >= 4 is 23.1 Å². The topological polar surface area (TPSA) is 20.3 Å². The van der Waals surface area contributed by atoms with E-state index in [1.54, 1.807) is 19.1 Å². The first-order valence-electron chi connectivity index (χ1n) is 7.21. The van der Waals surface area contributed by atoms with Gasteiger partial charge in [-0.3, -0.25) is 4.79 Å². The lowest BCUT2D eigenvalue weighted by Crippen LogP contribution is -2.24. The quantitative estimate of drug-likeness (QED) is 0.756. The van der Waals surface area contributed by atoms with E-state index < -0.39 is 0 Å². The molecular formula is C18H18ClNO. The molecule has 2 nitrogen and oxygen atoms in total. The van der Waals surface area contributed by atoms with Crippen molar-refractivity contribution in [2.45, 2.75) is 19.8 Å². The van der Waals surface area contributed by atoms with Crippen LogP contribution in [0.4, 0.5) is 5.69 Å². The Kier molecular flexibility index (Phi) is 3.73. The Morgan fingerprint density at radius 3 is 2.76 bits per heavy atom. The number of carbonyl (C=O) groups excluding carboxylic acids is 1. The summed E-state index contributed by atoms with van der Waals surface area (Å²) >= 11 is 6.33. The first-order chi connectivity index (χ1) is 10.1. The molecule has 0 radical (unpaired) electrons. The summed E-state index contributed by atoms with van der Waals surface area (Å²) in [6, 6.07) is 11.9. The maximum atomic E-state index is 11.6. The molecule has 0 fully saturated rings. The van der Waals surface area contributed by atoms with E-state index in [0.29, 0.717) is 10.6 Å². The van der Waals surface area contributed by atoms with Crippen LogP contribution >= 0.6 is 11.6 Å². The van der Waals surface area contributed by atoms with E-state index in [4.69, 9.17) is 11.6 Å². The number of hydrogen-bond donors (Lipinski definition) is 0. The van der Waals surface area contributed by atoms with Crippen LogP contribution in [0.5, 0.6) is 0 Å². The fraction of sp³-hybridized carbons (Fsp3) is 0.278. The summed E-state index contributed by atoms with van der Waals surface area (Å²) in [6.07, 6.45) is 2.27. The molecule has 1 aliphatic heterocycles. The summed E-state index contributed by atoms with van der Waals surface area (Å²) in [6.45, 7) is 2.68. The number of anilines is 1. The van der Waals surface area contributed by atoms with E-state index in [2.05, 4.69) is 30.1 Å². The molecule has 0 N–H and O–H groups in total. The highest BCUT2D eigenvalue weighted by molar-refractivity contribution is 6.33. The van der Waals surface area contributed by atoms with Crippen molar-refractivity contribution in [3.63, 3.8) is 0 Å². The highest BCUT2D eigenvalue weighted by Gasteiger charge is 2.15. The zero-order chi connectivity index (χ0) is 15.0. The van der Waals surface area contributed by atoms with Gasteiger partial charge in [0.2, 0.25) is 0 Å². The summed E-state index contributed by atoms with van der Waals surface area (Å²) in [5, 5.41) is 0.684. The Hall–Kier alpha value is -1.80. The summed E-state index contributed by atoms with van der Waals surface area (Å²) in [5.74, 6) is 0.0608. The summed E-state index contributed by atoms with van der Waals surface area (Å²) < 4.78 is 0. The van der Waals surface area contributed by atoms with Gasteiger partial charge >= 0.3 is 0 Å². The number of carbonyl (C=O) groups is 1. The normalized spacial score (nSPS) is 14.0. The SMILES string of the molecule is CC(=O)c1ccc(Cl)c(-c2ccc3c(c2)CCCN3C)c1. The van der Waals surface area contributed by atoms with Gasteiger partial charge in [0, 0.05) is 35.4 Å². The number of fused-ring (bicyclic) bond motifs is 1. The molecule has 3 rings (SSSR count). The third-order valence-electron chi connectivity index (χ3n) is 4.11. The average molecular weight is 300 g/mol. The Morgan fingerprint density at radius 1 is 1.19 bits per heavy atom. The van der Waals surface area contributed by atoms with Gasteiger partial charge in [0.05, 0.1) is 0 Å². The molecule has 0 unspecified atom stereocenters. The zero-order valence-electron chi connectivity index (χ0n) is 12.3. The fourth-order valence-corrected chi connectivity index (χ4v) is 3.14. The minimum absolute atomic E-state index is 0.0608. The van der Waals surface area contributed by atoms with Crippen molar-refractivity contribution in [2.75, 3.05) is 18.5 Å². The molecule has 2 aromatic rings. The molecule has 108 valence electrons. The van der Waals surface area contributed by atoms with Gasteiger partial charge in [0.25, 0.3) is 0 Å². The smallest absolute Gasteiger partial charge is 0.159 e. The molecule has 1 heterocycles. The van der Waals surface area contributed by atoms with Crippen LogP contribution in [-0.4, -0.2) is 19.4 Å². The molecule has 0 aliphatic carbocycles. The average Bonchev–Trinajstić information content (AvgIpc) is 2.47. The Balaban J connectivity index is 2.09. The van der Waals surface area contributed by atoms with Gasteiger partial charge in [0.15, 0.2) is 5.78 Å². The third kappa shape index (κ3) is 2.68. The highest BCUT2D eigenvalue weighted by atomic mass is 35.5. The molecule has 0 atom stereocenters. The lowest BCUT2D eigenvalue weighted by Gasteiger charge is -2.28. The molecule has 0 spiro atoms. The van der Waals surface area contributed by atoms with Crippen LogP contribution in [-0.2, 0) is 6.42 Å². The van der Waals surface area contributed by atoms with Gasteiger partial charge in [-0.1, -0.05) is 17.7 Å². The Morgan fingerprint density at radius 2 is 2.00 bits per heavy atom. The summed E-state index contributed by atoms with van der Waals surface area (Å²) in [7, 11) is 2.13. The molecule has 3 heteroatoms. The van der Waals surface area contributed by atoms with Crippen molar-refractivity contribution < 1.29 is 4.79 Å². The number of hydrogen-bond acceptors (Lipinski definition) is 2. The number of aryl methyl sites for hydroxylation is 1. The van der Waals surface area contributed by atoms with Crippen LogP contribution in [0.2, 0.25) is 5.02 Å². The monoisotopic (exact) mass is 299 g/mol. The van der Waals surface area contributed by atoms with E-state index in [1.165, 1.54) is 17.7 Å². The van der Waals surface area contributed by atoms with Crippen molar-refractivity contribution in [3.8, 4) is 11.1 Å². The molecule has 2 aromatic carbocycles. The second kappa shape index (κ2) is 5.53. The van der Waals surface area contributed by atoms with Crippen molar-refractivity contribution in [2.24, 2.45) is 0 Å². The van der Waals surface area contributed by atoms with Crippen molar-refractivity contribution in [3.05, 3.63) is 52.5 Å². The van der Waals surface area contributed by atoms with E-state index >= 15 is 0 Å². The van der Waals surface area contributed by atoms with Crippen LogP contribution in [0.1, 0.15) is 29.3 Å². The second-order valence-corrected chi connectivity index (χ2v) is 6.03. The Labute approximate surface area is 130 Å². The van der Waals surface area contributed by atoms with Crippen LogP contribution in [0, 0.1) is 0 Å². The summed E-state index contributed by atoms with van der Waals surface area (Å²) in [5.41, 5.74) is 5.36. The minimum Gasteiger partial charge on any atom is -0.374 e. The first kappa shape index (κ1) is 14.2. The number of halogens is 1. The highest BCUT2D eigenvalue weighted by Crippen LogP contribution is 2.34. The third-order valence-corrected chi connectivity index (χ3v) is 4.44. The van der Waals surface area contributed by atoms with Crippen LogP contribution < -0.4 is 4.90 Å². The largest absolute Gasteiger partial charge is 0.374 e. The zero-order valence-corrected chi connectivity index (χ0v) is 13.1. The number of ketones is 1. The number of benzene rings is 2. The standard InChI is InChI=1S/C18H18ClNO/c1-12(21)13-5-7-17(19)16(11-13)14-6-8-18-15(10-14)4-3-9-20(18)2/h5-8,10-11H,3-4,9H2,1-2H3. The maximum absolute atomic E-state index is 11.6. The number of Topliss-reactive ketones (excluding diaryl/α,β-unsaturated/α-hetero) is 1. The van der Waals surface area contributed by atoms with E-state index in [9.17, 15) is 4.79 Å². The Bertz CT molecular complexity index is 708. The van der Waals surface area contributed by atoms with Crippen molar-refractivity contribution in [1.29, 1.82) is 0 Å². The molecule has 0 saturated heterocycles. The maximum Gasteiger partial charge on any atom is 0.159 e. The van der Waals surface area contributed by atoms with Gasteiger partial charge in [-0.25, -0.2) is 0 Å². The van der Waals surface area contributed by atoms with Gasteiger partial charge in [0.1, 0.15) is 0 Å². The van der Waals surface area contributed by atoms with Gasteiger partial charge in [-0.05, 0) is 61.2 Å². The fourth-order valence-electron chi connectivity index (χ4n) is 2.92. The molecular weight excluding hydrogens is 282 g/mol. The number of nitrogens with zero attached hydrogens (tertiary/aromatic N) is 1. The molecule has 0 amide bonds. The van der Waals surface area contributed by atoms with E-state index in [-0.39, 0.29) is 5.78 Å². The predicted molar refractivity (Wildman–Crippen MR) is 88.5 cm³/mol.